The number of amides is 5. The van der Waals surface area contributed by atoms with Crippen molar-refractivity contribution in [2.24, 2.45) is 5.92 Å². The number of benzene rings is 4. The Bertz CT molecular complexity index is 2710. The van der Waals surface area contributed by atoms with Gasteiger partial charge in [-0.1, -0.05) is 12.1 Å². The molecule has 66 heavy (non-hydrogen) atoms. The highest BCUT2D eigenvalue weighted by molar-refractivity contribution is 6.23. The zero-order valence-electron chi connectivity index (χ0n) is 36.4. The van der Waals surface area contributed by atoms with Crippen LogP contribution >= 0.6 is 0 Å². The van der Waals surface area contributed by atoms with E-state index in [9.17, 15) is 32.8 Å². The van der Waals surface area contributed by atoms with Gasteiger partial charge in [0, 0.05) is 88.6 Å². The second kappa shape index (κ2) is 18.3. The number of piperazine rings is 1. The maximum absolute atomic E-state index is 14.3. The summed E-state index contributed by atoms with van der Waals surface area (Å²) in [5.74, 6) is -2.89. The Kier molecular flexibility index (Phi) is 12.0. The number of aromatic amines is 1. The number of imide groups is 2. The number of halogens is 2. The Labute approximate surface area is 379 Å². The van der Waals surface area contributed by atoms with Gasteiger partial charge in [0.1, 0.15) is 17.7 Å². The number of fused-ring (bicyclic) bond motifs is 2. The minimum Gasteiger partial charge on any atom is -0.381 e. The van der Waals surface area contributed by atoms with Crippen LogP contribution in [0.2, 0.25) is 0 Å². The molecule has 4 saturated heterocycles. The van der Waals surface area contributed by atoms with Gasteiger partial charge in [0.05, 0.1) is 33.6 Å². The number of carbonyl (C=O) groups excluding carboxylic acids is 5. The number of carbonyl (C=O) groups is 5. The summed E-state index contributed by atoms with van der Waals surface area (Å²) in [6.45, 7) is 6.99. The van der Waals surface area contributed by atoms with E-state index >= 15 is 0 Å². The van der Waals surface area contributed by atoms with E-state index < -0.39 is 41.3 Å². The van der Waals surface area contributed by atoms with Crippen molar-refractivity contribution in [1.82, 2.24) is 25.3 Å². The number of hydrogen-bond acceptors (Lipinski definition) is 11. The summed E-state index contributed by atoms with van der Waals surface area (Å²) >= 11 is 0. The van der Waals surface area contributed by atoms with Crippen LogP contribution < -0.4 is 25.8 Å². The highest BCUT2D eigenvalue weighted by Gasteiger charge is 2.45. The highest BCUT2D eigenvalue weighted by Crippen LogP contribution is 2.36. The van der Waals surface area contributed by atoms with Crippen LogP contribution in [-0.2, 0) is 20.7 Å². The summed E-state index contributed by atoms with van der Waals surface area (Å²) in [6.07, 6.45) is 4.16. The van der Waals surface area contributed by atoms with Crippen molar-refractivity contribution < 1.29 is 37.5 Å². The van der Waals surface area contributed by atoms with Crippen LogP contribution in [0.4, 0.5) is 31.7 Å². The summed E-state index contributed by atoms with van der Waals surface area (Å²) in [5.41, 5.74) is 5.66. The molecular weight excluding hydrogens is 849 g/mol. The average Bonchev–Trinajstić information content (AvgIpc) is 3.82. The lowest BCUT2D eigenvalue weighted by atomic mass is 9.96. The van der Waals surface area contributed by atoms with Gasteiger partial charge in [-0.25, -0.2) is 8.78 Å². The summed E-state index contributed by atoms with van der Waals surface area (Å²) in [5, 5.41) is 17.1. The van der Waals surface area contributed by atoms with Gasteiger partial charge in [-0.2, -0.15) is 5.10 Å². The number of H-pyrrole nitrogens is 1. The fourth-order valence-corrected chi connectivity index (χ4v) is 10.2. The summed E-state index contributed by atoms with van der Waals surface area (Å²) < 4.78 is 33.6. The molecule has 5 amide bonds. The molecule has 2 unspecified atom stereocenters. The second-order valence-electron chi connectivity index (χ2n) is 18.0. The molecule has 0 aliphatic carbocycles. The Morgan fingerprint density at radius 2 is 1.59 bits per heavy atom. The fraction of sp³-hybridized carbons (Fsp3) is 0.388. The van der Waals surface area contributed by atoms with Crippen molar-refractivity contribution >= 4 is 63.3 Å². The van der Waals surface area contributed by atoms with Gasteiger partial charge in [-0.05, 0) is 110 Å². The minimum absolute atomic E-state index is 0.0722. The molecule has 0 saturated carbocycles. The predicted molar refractivity (Wildman–Crippen MR) is 244 cm³/mol. The maximum Gasteiger partial charge on any atom is 0.262 e. The lowest BCUT2D eigenvalue weighted by Gasteiger charge is -2.41. The predicted octanol–water partition coefficient (Wildman–Crippen LogP) is 5.71. The highest BCUT2D eigenvalue weighted by atomic mass is 19.1. The van der Waals surface area contributed by atoms with Gasteiger partial charge in [-0.3, -0.25) is 44.2 Å². The number of ether oxygens (including phenoxy) is 1. The Balaban J connectivity index is 0.804. The number of para-hydroxylation sites is 1. The van der Waals surface area contributed by atoms with Crippen LogP contribution in [0, 0.1) is 17.6 Å². The third-order valence-corrected chi connectivity index (χ3v) is 13.6. The van der Waals surface area contributed by atoms with E-state index in [0.717, 1.165) is 105 Å². The molecule has 10 rings (SSSR count). The van der Waals surface area contributed by atoms with Gasteiger partial charge in [0.15, 0.2) is 5.82 Å². The first-order valence-corrected chi connectivity index (χ1v) is 22.8. The number of anilines is 4. The molecule has 5 aliphatic rings. The Morgan fingerprint density at radius 3 is 2.38 bits per heavy atom. The molecule has 342 valence electrons. The van der Waals surface area contributed by atoms with Crippen molar-refractivity contribution in [2.45, 2.75) is 57.0 Å². The van der Waals surface area contributed by atoms with Crippen molar-refractivity contribution in [3.63, 3.8) is 0 Å². The lowest BCUT2D eigenvalue weighted by Crippen LogP contribution is -2.54. The maximum atomic E-state index is 14.3. The summed E-state index contributed by atoms with van der Waals surface area (Å²) in [7, 11) is 0. The van der Waals surface area contributed by atoms with E-state index in [4.69, 9.17) is 4.74 Å². The molecule has 6 heterocycles. The van der Waals surface area contributed by atoms with Crippen molar-refractivity contribution in [1.29, 1.82) is 0 Å². The molecular formula is C49H51F2N9O6. The van der Waals surface area contributed by atoms with E-state index in [1.165, 1.54) is 12.1 Å². The van der Waals surface area contributed by atoms with Gasteiger partial charge in [0.2, 0.25) is 11.8 Å². The van der Waals surface area contributed by atoms with Gasteiger partial charge < -0.3 is 25.2 Å². The van der Waals surface area contributed by atoms with Crippen molar-refractivity contribution in [3.8, 4) is 0 Å². The smallest absolute Gasteiger partial charge is 0.262 e. The fourth-order valence-electron chi connectivity index (χ4n) is 10.2. The Morgan fingerprint density at radius 1 is 0.803 bits per heavy atom. The second-order valence-corrected chi connectivity index (χ2v) is 18.0. The quantitative estimate of drug-likeness (QED) is 0.120. The number of hydrogen-bond donors (Lipinski definition) is 4. The van der Waals surface area contributed by atoms with E-state index in [1.54, 1.807) is 12.1 Å². The standard InChI is InChI=1S/C49H51F2N9O6/c50-32-22-31(23-33(51)25-32)21-29-6-9-40-39(24-29)45(56-55-40)54-46(62)37-4-1-5-41(44(37)52-34-12-19-66-20-13-34)58-17-15-57(16-18-58)27-30-3-2-14-59(28-30)35-7-8-36-38(26-35)49(65)60(48(36)64)42-10-11-43(61)53-47(42)63/h1,4-9,22-26,30,34,42,52H,2-3,10-21,27-28H2,(H,53,61,63)(H2,54,55,56,62). The third kappa shape index (κ3) is 8.84. The monoisotopic (exact) mass is 899 g/mol. The normalized spacial score (nSPS) is 20.8. The number of piperidine rings is 2. The number of nitrogens with zero attached hydrogens (tertiary/aromatic N) is 5. The van der Waals surface area contributed by atoms with E-state index in [-0.39, 0.29) is 35.9 Å². The molecule has 0 radical (unpaired) electrons. The third-order valence-electron chi connectivity index (χ3n) is 13.6. The van der Waals surface area contributed by atoms with Gasteiger partial charge >= 0.3 is 0 Å². The van der Waals surface area contributed by atoms with Crippen LogP contribution in [-0.4, -0.2) is 121 Å². The molecule has 17 heteroatoms. The zero-order chi connectivity index (χ0) is 45.5. The van der Waals surface area contributed by atoms with Crippen LogP contribution in [0.1, 0.15) is 80.7 Å². The average molecular weight is 900 g/mol. The summed E-state index contributed by atoms with van der Waals surface area (Å²) in [6, 6.07) is 19.3. The largest absolute Gasteiger partial charge is 0.381 e. The van der Waals surface area contributed by atoms with Crippen molar-refractivity contribution in [3.05, 3.63) is 112 Å². The van der Waals surface area contributed by atoms with Gasteiger partial charge in [0.25, 0.3) is 17.7 Å². The van der Waals surface area contributed by atoms with Gasteiger partial charge in [-0.15, -0.1) is 0 Å². The summed E-state index contributed by atoms with van der Waals surface area (Å²) in [4.78, 5) is 73.6. The minimum atomic E-state index is -1.00. The first-order valence-electron chi connectivity index (χ1n) is 22.8. The van der Waals surface area contributed by atoms with E-state index in [1.807, 2.05) is 36.4 Å². The number of aromatic nitrogens is 2. The molecule has 4 aromatic carbocycles. The molecule has 15 nitrogen and oxygen atoms in total. The molecule has 0 spiro atoms. The number of rotatable bonds is 11. The topological polar surface area (TPSA) is 172 Å². The molecule has 5 aromatic rings. The van der Waals surface area contributed by atoms with E-state index in [2.05, 4.69) is 46.9 Å². The van der Waals surface area contributed by atoms with Crippen LogP contribution in [0.3, 0.4) is 0 Å². The molecule has 4 fully saturated rings. The van der Waals surface area contributed by atoms with Crippen LogP contribution in [0.5, 0.6) is 0 Å². The molecule has 2 atom stereocenters. The first kappa shape index (κ1) is 43.2. The van der Waals surface area contributed by atoms with Crippen LogP contribution in [0.25, 0.3) is 10.9 Å². The van der Waals surface area contributed by atoms with Crippen molar-refractivity contribution in [2.75, 3.05) is 79.5 Å². The SMILES string of the molecule is O=C1CCC(N2C(=O)c3ccc(N4CCCC(CN5CCN(c6cccc(C(=O)Nc7n[nH]c8ccc(Cc9cc(F)cc(F)c9)cc78)c6NC6CCOCC6)CC5)C4)cc3C2=O)C(=O)N1. The molecule has 5 aliphatic heterocycles. The molecule has 4 N–H and O–H groups in total. The first-order chi connectivity index (χ1) is 32.0. The Hall–Kier alpha value is -6.72. The van der Waals surface area contributed by atoms with E-state index in [0.29, 0.717) is 53.4 Å². The van der Waals surface area contributed by atoms with Crippen LogP contribution in [0.15, 0.2) is 72.8 Å². The number of nitrogens with one attached hydrogen (secondary N) is 4. The zero-order valence-corrected chi connectivity index (χ0v) is 36.4. The lowest BCUT2D eigenvalue weighted by molar-refractivity contribution is -0.136. The molecule has 0 bridgehead atoms. The molecule has 1 aromatic heterocycles.